The van der Waals surface area contributed by atoms with Gasteiger partial charge in [0.25, 0.3) is 5.91 Å². The van der Waals surface area contributed by atoms with Crippen LogP contribution in [-0.4, -0.2) is 45.4 Å². The molecule has 0 saturated carbocycles. The molecule has 1 N–H and O–H groups in total. The maximum absolute atomic E-state index is 12.3. The first-order valence-electron chi connectivity index (χ1n) is 8.05. The van der Waals surface area contributed by atoms with Gasteiger partial charge < -0.3 is 14.8 Å². The van der Waals surface area contributed by atoms with Crippen molar-refractivity contribution < 1.29 is 22.7 Å². The van der Waals surface area contributed by atoms with Gasteiger partial charge in [-0.25, -0.2) is 12.7 Å². The summed E-state index contributed by atoms with van der Waals surface area (Å²) in [7, 11) is -0.501. The van der Waals surface area contributed by atoms with Crippen molar-refractivity contribution in [2.24, 2.45) is 0 Å². The molecule has 26 heavy (non-hydrogen) atoms. The highest BCUT2D eigenvalue weighted by Gasteiger charge is 2.27. The fourth-order valence-electron chi connectivity index (χ4n) is 2.44. The van der Waals surface area contributed by atoms with Crippen LogP contribution in [0.15, 0.2) is 53.4 Å². The van der Waals surface area contributed by atoms with Crippen molar-refractivity contribution in [3.05, 3.63) is 54.1 Å². The Labute approximate surface area is 152 Å². The molecule has 7 nitrogen and oxygen atoms in total. The van der Waals surface area contributed by atoms with Crippen molar-refractivity contribution in [3.63, 3.8) is 0 Å². The second kappa shape index (κ2) is 7.35. The minimum atomic E-state index is -3.46. The van der Waals surface area contributed by atoms with Crippen molar-refractivity contribution in [1.82, 2.24) is 9.62 Å². The second-order valence-electron chi connectivity index (χ2n) is 6.01. The predicted octanol–water partition coefficient (Wildman–Crippen LogP) is 1.39. The lowest BCUT2D eigenvalue weighted by atomic mass is 10.2. The fourth-order valence-corrected chi connectivity index (χ4v) is 3.34. The van der Waals surface area contributed by atoms with E-state index >= 15 is 0 Å². The van der Waals surface area contributed by atoms with Crippen LogP contribution in [-0.2, 0) is 21.4 Å². The van der Waals surface area contributed by atoms with Crippen LogP contribution in [0, 0.1) is 0 Å². The van der Waals surface area contributed by atoms with Gasteiger partial charge in [0.05, 0.1) is 4.90 Å². The Morgan fingerprint density at radius 2 is 1.77 bits per heavy atom. The van der Waals surface area contributed by atoms with E-state index in [1.165, 1.54) is 26.2 Å². The largest absolute Gasteiger partial charge is 0.485 e. The number of benzene rings is 2. The van der Waals surface area contributed by atoms with Crippen molar-refractivity contribution in [2.45, 2.75) is 17.5 Å². The smallest absolute Gasteiger partial charge is 0.264 e. The highest BCUT2D eigenvalue weighted by atomic mass is 32.2. The van der Waals surface area contributed by atoms with Gasteiger partial charge in [0.1, 0.15) is 6.61 Å². The number of hydrogen-bond donors (Lipinski definition) is 1. The predicted molar refractivity (Wildman–Crippen MR) is 95.5 cm³/mol. The van der Waals surface area contributed by atoms with Crippen LogP contribution in [0.2, 0.25) is 0 Å². The molecule has 0 bridgehead atoms. The summed E-state index contributed by atoms with van der Waals surface area (Å²) < 4.78 is 36.4. The summed E-state index contributed by atoms with van der Waals surface area (Å²) in [6.45, 7) is 0.408. The Balaban J connectivity index is 1.59. The highest BCUT2D eigenvalue weighted by Crippen LogP contribution is 2.30. The Bertz CT molecular complexity index is 894. The molecule has 0 spiro atoms. The van der Waals surface area contributed by atoms with Gasteiger partial charge in [0.15, 0.2) is 11.5 Å². The number of para-hydroxylation sites is 2. The van der Waals surface area contributed by atoms with Crippen LogP contribution in [0.4, 0.5) is 0 Å². The number of hydrogen-bond acceptors (Lipinski definition) is 5. The lowest BCUT2D eigenvalue weighted by molar-refractivity contribution is -0.130. The van der Waals surface area contributed by atoms with E-state index in [0.29, 0.717) is 11.5 Å². The molecule has 1 amide bonds. The molecule has 8 heteroatoms. The molecular weight excluding hydrogens is 356 g/mol. The summed E-state index contributed by atoms with van der Waals surface area (Å²) in [6, 6.07) is 13.6. The van der Waals surface area contributed by atoms with Crippen LogP contribution < -0.4 is 14.8 Å². The fraction of sp³-hybridized carbons (Fsp3) is 0.278. The third-order valence-electron chi connectivity index (χ3n) is 3.97. The van der Waals surface area contributed by atoms with E-state index in [1.54, 1.807) is 24.3 Å². The van der Waals surface area contributed by atoms with Gasteiger partial charge in [-0.1, -0.05) is 24.3 Å². The van der Waals surface area contributed by atoms with Crippen molar-refractivity contribution in [3.8, 4) is 11.5 Å². The highest BCUT2D eigenvalue weighted by molar-refractivity contribution is 7.89. The Kier molecular flexibility index (Phi) is 5.15. The molecule has 0 aliphatic carbocycles. The number of nitrogens with zero attached hydrogens (tertiary/aromatic N) is 1. The quantitative estimate of drug-likeness (QED) is 0.853. The first-order valence-corrected chi connectivity index (χ1v) is 9.49. The van der Waals surface area contributed by atoms with Gasteiger partial charge in [0.2, 0.25) is 16.1 Å². The van der Waals surface area contributed by atoms with E-state index in [4.69, 9.17) is 9.47 Å². The number of nitrogens with one attached hydrogen (secondary N) is 1. The molecule has 1 aliphatic heterocycles. The number of carbonyl (C=O) groups is 1. The van der Waals surface area contributed by atoms with Gasteiger partial charge >= 0.3 is 0 Å². The molecule has 1 unspecified atom stereocenters. The number of ether oxygens (including phenoxy) is 2. The average molecular weight is 376 g/mol. The molecule has 2 aromatic rings. The number of amides is 1. The SMILES string of the molecule is CN(C)S(=O)(=O)c1ccc(CNC(=O)C2COc3ccccc3O2)cc1. The molecule has 2 aromatic carbocycles. The maximum atomic E-state index is 12.3. The van der Waals surface area contributed by atoms with Crippen molar-refractivity contribution in [1.29, 1.82) is 0 Å². The third-order valence-corrected chi connectivity index (χ3v) is 5.80. The van der Waals surface area contributed by atoms with Gasteiger partial charge in [-0.2, -0.15) is 0 Å². The van der Waals surface area contributed by atoms with Crippen molar-refractivity contribution >= 4 is 15.9 Å². The zero-order chi connectivity index (χ0) is 18.7. The minimum Gasteiger partial charge on any atom is -0.485 e. The summed E-state index contributed by atoms with van der Waals surface area (Å²) in [6.07, 6.45) is -0.724. The van der Waals surface area contributed by atoms with Gasteiger partial charge in [-0.3, -0.25) is 4.79 Å². The molecule has 0 saturated heterocycles. The van der Waals surface area contributed by atoms with Crippen LogP contribution in [0.25, 0.3) is 0 Å². The zero-order valence-electron chi connectivity index (χ0n) is 14.5. The van der Waals surface area contributed by atoms with E-state index < -0.39 is 16.1 Å². The van der Waals surface area contributed by atoms with E-state index in [1.807, 2.05) is 12.1 Å². The number of carbonyl (C=O) groups excluding carboxylic acids is 1. The van der Waals surface area contributed by atoms with Crippen LogP contribution in [0.1, 0.15) is 5.56 Å². The average Bonchev–Trinajstić information content (AvgIpc) is 2.66. The summed E-state index contributed by atoms with van der Waals surface area (Å²) in [5.41, 5.74) is 0.785. The van der Waals surface area contributed by atoms with E-state index in [2.05, 4.69) is 5.32 Å². The van der Waals surface area contributed by atoms with E-state index in [0.717, 1.165) is 9.87 Å². The molecule has 1 aliphatic rings. The molecule has 1 heterocycles. The van der Waals surface area contributed by atoms with Crippen LogP contribution in [0.5, 0.6) is 11.5 Å². The van der Waals surface area contributed by atoms with E-state index in [-0.39, 0.29) is 24.0 Å². The number of sulfonamides is 1. The molecule has 3 rings (SSSR count). The molecular formula is C18H20N2O5S. The van der Waals surface area contributed by atoms with Gasteiger partial charge in [0, 0.05) is 20.6 Å². The molecule has 1 atom stereocenters. The van der Waals surface area contributed by atoms with Gasteiger partial charge in [-0.15, -0.1) is 0 Å². The monoisotopic (exact) mass is 376 g/mol. The second-order valence-corrected chi connectivity index (χ2v) is 8.17. The Morgan fingerprint density at radius 1 is 1.12 bits per heavy atom. The number of fused-ring (bicyclic) bond motifs is 1. The van der Waals surface area contributed by atoms with Crippen molar-refractivity contribution in [2.75, 3.05) is 20.7 Å². The standard InChI is InChI=1S/C18H20N2O5S/c1-20(2)26(22,23)14-9-7-13(8-10-14)11-19-18(21)17-12-24-15-5-3-4-6-16(15)25-17/h3-10,17H,11-12H2,1-2H3,(H,19,21). The Hall–Kier alpha value is -2.58. The normalized spacial score (nSPS) is 16.3. The van der Waals surface area contributed by atoms with Crippen LogP contribution >= 0.6 is 0 Å². The maximum Gasteiger partial charge on any atom is 0.264 e. The topological polar surface area (TPSA) is 84.9 Å². The summed E-state index contributed by atoms with van der Waals surface area (Å²) in [4.78, 5) is 12.5. The zero-order valence-corrected chi connectivity index (χ0v) is 15.3. The molecule has 0 radical (unpaired) electrons. The summed E-state index contributed by atoms with van der Waals surface area (Å²) >= 11 is 0. The molecule has 0 aromatic heterocycles. The lowest BCUT2D eigenvalue weighted by Gasteiger charge is -2.25. The first kappa shape index (κ1) is 18.2. The summed E-state index contributed by atoms with van der Waals surface area (Å²) in [5.74, 6) is 0.871. The molecule has 138 valence electrons. The van der Waals surface area contributed by atoms with E-state index in [9.17, 15) is 13.2 Å². The Morgan fingerprint density at radius 3 is 2.42 bits per heavy atom. The first-order chi connectivity index (χ1) is 12.4. The summed E-state index contributed by atoms with van der Waals surface area (Å²) in [5, 5.41) is 2.78. The third kappa shape index (κ3) is 3.81. The van der Waals surface area contributed by atoms with Crippen LogP contribution in [0.3, 0.4) is 0 Å². The number of rotatable bonds is 5. The minimum absolute atomic E-state index is 0.142. The lowest BCUT2D eigenvalue weighted by Crippen LogP contribution is -2.43. The van der Waals surface area contributed by atoms with Gasteiger partial charge in [-0.05, 0) is 29.8 Å². The molecule has 0 fully saturated rings.